The van der Waals surface area contributed by atoms with Gasteiger partial charge in [-0.3, -0.25) is 0 Å². The minimum absolute atomic E-state index is 0.782. The van der Waals surface area contributed by atoms with Crippen molar-refractivity contribution < 1.29 is 0 Å². The van der Waals surface area contributed by atoms with Crippen LogP contribution < -0.4 is 0 Å². The van der Waals surface area contributed by atoms with Crippen molar-refractivity contribution in [2.45, 2.75) is 6.42 Å². The quantitative estimate of drug-likeness (QED) is 0.760. The van der Waals surface area contributed by atoms with Crippen molar-refractivity contribution in [3.05, 3.63) is 34.9 Å². The van der Waals surface area contributed by atoms with Crippen LogP contribution in [0.3, 0.4) is 0 Å². The number of halogens is 1. The zero-order valence-corrected chi connectivity index (χ0v) is 11.4. The van der Waals surface area contributed by atoms with E-state index in [4.69, 9.17) is 23.8 Å². The fourth-order valence-electron chi connectivity index (χ4n) is 1.70. The molecule has 1 aromatic rings. The molecule has 4 heteroatoms. The smallest absolute Gasteiger partial charge is 0.0824 e. The molecule has 0 amide bonds. The molecule has 1 aliphatic rings. The van der Waals surface area contributed by atoms with Crippen molar-refractivity contribution in [2.75, 3.05) is 24.6 Å². The van der Waals surface area contributed by atoms with Gasteiger partial charge in [0.05, 0.1) is 4.99 Å². The van der Waals surface area contributed by atoms with E-state index in [2.05, 4.69) is 4.90 Å². The Kier molecular flexibility index (Phi) is 4.50. The third kappa shape index (κ3) is 3.37. The molecule has 0 aromatic heterocycles. The average molecular weight is 272 g/mol. The topological polar surface area (TPSA) is 3.24 Å². The van der Waals surface area contributed by atoms with Crippen LogP contribution in [0.2, 0.25) is 5.02 Å². The monoisotopic (exact) mass is 271 g/mol. The van der Waals surface area contributed by atoms with E-state index >= 15 is 0 Å². The predicted molar refractivity (Wildman–Crippen MR) is 76.7 cm³/mol. The van der Waals surface area contributed by atoms with Crippen LogP contribution in [-0.2, 0) is 6.42 Å². The Labute approximate surface area is 111 Å². The summed E-state index contributed by atoms with van der Waals surface area (Å²) in [5, 5.41) is 0.782. The highest BCUT2D eigenvalue weighted by Gasteiger charge is 2.13. The number of thioether (sulfide) groups is 1. The number of hydrogen-bond donors (Lipinski definition) is 0. The Balaban J connectivity index is 1.93. The second-order valence-electron chi connectivity index (χ2n) is 3.80. The third-order valence-electron chi connectivity index (χ3n) is 2.63. The Morgan fingerprint density at radius 2 is 1.88 bits per heavy atom. The molecule has 1 saturated heterocycles. The molecule has 0 spiro atoms. The molecule has 0 unspecified atom stereocenters. The summed E-state index contributed by atoms with van der Waals surface area (Å²) in [6, 6.07) is 7.94. The van der Waals surface area contributed by atoms with Crippen LogP contribution in [0.25, 0.3) is 0 Å². The molecular formula is C12H14ClNS2. The summed E-state index contributed by atoms with van der Waals surface area (Å²) >= 11 is 13.3. The number of nitrogens with zero attached hydrogens (tertiary/aromatic N) is 1. The molecule has 86 valence electrons. The second-order valence-corrected chi connectivity index (χ2v) is 5.93. The van der Waals surface area contributed by atoms with Crippen molar-refractivity contribution in [3.63, 3.8) is 0 Å². The lowest BCUT2D eigenvalue weighted by Crippen LogP contribution is -2.37. The molecule has 0 atom stereocenters. The van der Waals surface area contributed by atoms with E-state index in [1.54, 1.807) is 0 Å². The van der Waals surface area contributed by atoms with Crippen LogP contribution in [0, 0.1) is 0 Å². The number of hydrogen-bond acceptors (Lipinski definition) is 2. The molecular weight excluding hydrogens is 258 g/mol. The molecule has 0 saturated carbocycles. The lowest BCUT2D eigenvalue weighted by atomic mass is 10.1. The first-order chi connectivity index (χ1) is 7.75. The fourth-order valence-corrected chi connectivity index (χ4v) is 3.08. The van der Waals surface area contributed by atoms with Gasteiger partial charge in [0.15, 0.2) is 0 Å². The van der Waals surface area contributed by atoms with E-state index in [1.165, 1.54) is 17.1 Å². The molecule has 16 heavy (non-hydrogen) atoms. The van der Waals surface area contributed by atoms with Crippen molar-refractivity contribution in [2.24, 2.45) is 0 Å². The van der Waals surface area contributed by atoms with E-state index in [1.807, 2.05) is 36.0 Å². The Hall–Kier alpha value is -0.250. The van der Waals surface area contributed by atoms with Crippen LogP contribution in [0.15, 0.2) is 24.3 Å². The average Bonchev–Trinajstić information content (AvgIpc) is 2.33. The highest BCUT2D eigenvalue weighted by atomic mass is 35.5. The summed E-state index contributed by atoms with van der Waals surface area (Å²) in [6.45, 7) is 2.19. The first-order valence-corrected chi connectivity index (χ1v) is 7.30. The lowest BCUT2D eigenvalue weighted by Gasteiger charge is -2.28. The largest absolute Gasteiger partial charge is 0.364 e. The van der Waals surface area contributed by atoms with Crippen LogP contribution in [0.1, 0.15) is 5.56 Å². The van der Waals surface area contributed by atoms with Crippen LogP contribution >= 0.6 is 35.6 Å². The van der Waals surface area contributed by atoms with E-state index in [0.717, 1.165) is 29.5 Å². The van der Waals surface area contributed by atoms with Crippen LogP contribution in [0.4, 0.5) is 0 Å². The highest BCUT2D eigenvalue weighted by molar-refractivity contribution is 7.99. The molecule has 1 nitrogen and oxygen atoms in total. The van der Waals surface area contributed by atoms with Gasteiger partial charge >= 0.3 is 0 Å². The molecule has 0 N–H and O–H groups in total. The van der Waals surface area contributed by atoms with Gasteiger partial charge in [-0.2, -0.15) is 11.8 Å². The SMILES string of the molecule is S=C(Cc1ccc(Cl)cc1)N1CCSCC1. The first-order valence-electron chi connectivity index (χ1n) is 5.35. The molecule has 2 rings (SSSR count). The summed E-state index contributed by atoms with van der Waals surface area (Å²) in [4.78, 5) is 3.38. The van der Waals surface area contributed by atoms with Crippen LogP contribution in [0.5, 0.6) is 0 Å². The number of rotatable bonds is 2. The maximum atomic E-state index is 5.85. The number of benzene rings is 1. The molecule has 0 bridgehead atoms. The standard InChI is InChI=1S/C12H14ClNS2/c13-11-3-1-10(2-4-11)9-12(15)14-5-7-16-8-6-14/h1-4H,5-9H2. The van der Waals surface area contributed by atoms with E-state index in [0.29, 0.717) is 0 Å². The van der Waals surface area contributed by atoms with Crippen molar-refractivity contribution >= 4 is 40.6 Å². The van der Waals surface area contributed by atoms with Gasteiger partial charge < -0.3 is 4.90 Å². The Morgan fingerprint density at radius 3 is 2.50 bits per heavy atom. The molecule has 1 aromatic carbocycles. The second kappa shape index (κ2) is 5.89. The summed E-state index contributed by atoms with van der Waals surface area (Å²) in [5.74, 6) is 2.39. The summed E-state index contributed by atoms with van der Waals surface area (Å²) in [7, 11) is 0. The maximum Gasteiger partial charge on any atom is 0.0824 e. The van der Waals surface area contributed by atoms with Gasteiger partial charge in [0, 0.05) is 36.0 Å². The van der Waals surface area contributed by atoms with Gasteiger partial charge in [-0.1, -0.05) is 36.0 Å². The molecule has 1 aliphatic heterocycles. The van der Waals surface area contributed by atoms with E-state index < -0.39 is 0 Å². The van der Waals surface area contributed by atoms with Crippen molar-refractivity contribution in [1.82, 2.24) is 4.90 Å². The minimum Gasteiger partial charge on any atom is -0.364 e. The summed E-state index contributed by atoms with van der Waals surface area (Å²) in [5.41, 5.74) is 1.24. The summed E-state index contributed by atoms with van der Waals surface area (Å²) < 4.78 is 0. The molecule has 1 fully saturated rings. The zero-order chi connectivity index (χ0) is 11.4. The Morgan fingerprint density at radius 1 is 1.25 bits per heavy atom. The fraction of sp³-hybridized carbons (Fsp3) is 0.417. The number of thiocarbonyl (C=S) groups is 1. The highest BCUT2D eigenvalue weighted by Crippen LogP contribution is 2.14. The van der Waals surface area contributed by atoms with Gasteiger partial charge in [0.25, 0.3) is 0 Å². The van der Waals surface area contributed by atoms with E-state index in [9.17, 15) is 0 Å². The lowest BCUT2D eigenvalue weighted by molar-refractivity contribution is 0.465. The summed E-state index contributed by atoms with van der Waals surface area (Å²) in [6.07, 6.45) is 0.858. The van der Waals surface area contributed by atoms with Gasteiger partial charge in [0.2, 0.25) is 0 Å². The minimum atomic E-state index is 0.782. The maximum absolute atomic E-state index is 5.85. The Bertz CT molecular complexity index is 358. The first kappa shape index (κ1) is 12.2. The van der Waals surface area contributed by atoms with Crippen molar-refractivity contribution in [1.29, 1.82) is 0 Å². The predicted octanol–water partition coefficient (Wildman–Crippen LogP) is 3.26. The third-order valence-corrected chi connectivity index (χ3v) is 4.23. The molecule has 0 aliphatic carbocycles. The van der Waals surface area contributed by atoms with Gasteiger partial charge in [0.1, 0.15) is 0 Å². The van der Waals surface area contributed by atoms with Gasteiger partial charge in [-0.25, -0.2) is 0 Å². The molecule has 1 heterocycles. The zero-order valence-electron chi connectivity index (χ0n) is 8.99. The normalized spacial score (nSPS) is 16.2. The van der Waals surface area contributed by atoms with E-state index in [-0.39, 0.29) is 0 Å². The molecule has 0 radical (unpaired) electrons. The van der Waals surface area contributed by atoms with Crippen LogP contribution in [-0.4, -0.2) is 34.5 Å². The van der Waals surface area contributed by atoms with Gasteiger partial charge in [-0.15, -0.1) is 0 Å². The van der Waals surface area contributed by atoms with Crippen molar-refractivity contribution in [3.8, 4) is 0 Å². The van der Waals surface area contributed by atoms with Gasteiger partial charge in [-0.05, 0) is 17.7 Å².